The Morgan fingerprint density at radius 3 is 3.12 bits per heavy atom. The van der Waals surface area contributed by atoms with Crippen molar-refractivity contribution in [2.24, 2.45) is 0 Å². The van der Waals surface area contributed by atoms with Crippen molar-refractivity contribution in [2.75, 3.05) is 0 Å². The second kappa shape index (κ2) is 4.49. The Hall–Kier alpha value is -2.28. The maximum Gasteiger partial charge on any atom is 0.304 e. The van der Waals surface area contributed by atoms with E-state index in [1.165, 1.54) is 0 Å². The van der Waals surface area contributed by atoms with E-state index in [1.807, 2.05) is 24.4 Å². The largest absolute Gasteiger partial charge is 0.481 e. The molecule has 0 amide bonds. The zero-order chi connectivity index (χ0) is 11.4. The fourth-order valence-electron chi connectivity index (χ4n) is 1.32. The second-order valence-electron chi connectivity index (χ2n) is 3.31. The number of carboxylic acids is 1. The van der Waals surface area contributed by atoms with Crippen molar-refractivity contribution in [3.8, 4) is 11.8 Å². The number of pyridine rings is 1. The van der Waals surface area contributed by atoms with Crippen LogP contribution in [-0.4, -0.2) is 21.0 Å². The fraction of sp³-hybridized carbons (Fsp3) is 0.167. The van der Waals surface area contributed by atoms with Crippen LogP contribution in [0.1, 0.15) is 18.5 Å². The molecule has 2 rings (SSSR count). The third-order valence-corrected chi connectivity index (χ3v) is 2.09. The smallest absolute Gasteiger partial charge is 0.304 e. The van der Waals surface area contributed by atoms with E-state index in [4.69, 9.17) is 5.11 Å². The lowest BCUT2D eigenvalue weighted by Gasteiger charge is -1.90. The zero-order valence-electron chi connectivity index (χ0n) is 8.53. The van der Waals surface area contributed by atoms with E-state index in [2.05, 4.69) is 21.8 Å². The lowest BCUT2D eigenvalue weighted by Crippen LogP contribution is -1.92. The van der Waals surface area contributed by atoms with Gasteiger partial charge < -0.3 is 10.1 Å². The van der Waals surface area contributed by atoms with Crippen molar-refractivity contribution in [1.82, 2.24) is 9.97 Å². The van der Waals surface area contributed by atoms with Gasteiger partial charge >= 0.3 is 5.97 Å². The Morgan fingerprint density at radius 1 is 1.44 bits per heavy atom. The summed E-state index contributed by atoms with van der Waals surface area (Å²) in [5.41, 5.74) is 1.45. The van der Waals surface area contributed by atoms with Crippen LogP contribution < -0.4 is 0 Å². The highest BCUT2D eigenvalue weighted by atomic mass is 16.4. The molecule has 0 saturated heterocycles. The average Bonchev–Trinajstić information content (AvgIpc) is 2.71. The molecule has 2 heterocycles. The highest BCUT2D eigenvalue weighted by Crippen LogP contribution is 2.09. The Labute approximate surface area is 92.3 Å². The highest BCUT2D eigenvalue weighted by Gasteiger charge is 1.96. The molecule has 4 heteroatoms. The van der Waals surface area contributed by atoms with Gasteiger partial charge in [-0.25, -0.2) is 4.98 Å². The molecule has 4 nitrogen and oxygen atoms in total. The monoisotopic (exact) mass is 214 g/mol. The van der Waals surface area contributed by atoms with Crippen LogP contribution in [0.3, 0.4) is 0 Å². The molecular formula is C12H10N2O2. The van der Waals surface area contributed by atoms with Crippen LogP contribution in [0.15, 0.2) is 24.4 Å². The highest BCUT2D eigenvalue weighted by molar-refractivity contribution is 5.75. The van der Waals surface area contributed by atoms with Gasteiger partial charge in [-0.3, -0.25) is 4.79 Å². The number of aromatic amines is 1. The van der Waals surface area contributed by atoms with Gasteiger partial charge in [-0.1, -0.05) is 5.92 Å². The number of H-pyrrole nitrogens is 1. The first-order chi connectivity index (χ1) is 7.75. The number of aliphatic carboxylic acids is 1. The number of aromatic nitrogens is 2. The number of nitrogens with zero attached hydrogens (tertiary/aromatic N) is 1. The average molecular weight is 214 g/mol. The Bertz CT molecular complexity index is 575. The summed E-state index contributed by atoms with van der Waals surface area (Å²) >= 11 is 0. The maximum atomic E-state index is 10.3. The number of fused-ring (bicyclic) bond motifs is 1. The van der Waals surface area contributed by atoms with Crippen molar-refractivity contribution in [3.63, 3.8) is 0 Å². The lowest BCUT2D eigenvalue weighted by molar-refractivity contribution is -0.136. The summed E-state index contributed by atoms with van der Waals surface area (Å²) < 4.78 is 0. The topological polar surface area (TPSA) is 66.0 Å². The van der Waals surface area contributed by atoms with E-state index in [0.29, 0.717) is 12.1 Å². The summed E-state index contributed by atoms with van der Waals surface area (Å²) in [7, 11) is 0. The molecule has 2 aromatic rings. The molecule has 0 aliphatic carbocycles. The predicted octanol–water partition coefficient (Wildman–Crippen LogP) is 1.78. The number of carbonyl (C=O) groups is 1. The van der Waals surface area contributed by atoms with E-state index in [-0.39, 0.29) is 6.42 Å². The molecule has 0 bridgehead atoms. The molecule has 0 aliphatic rings. The van der Waals surface area contributed by atoms with Gasteiger partial charge in [0.25, 0.3) is 0 Å². The lowest BCUT2D eigenvalue weighted by atomic mass is 10.2. The third-order valence-electron chi connectivity index (χ3n) is 2.09. The molecule has 0 saturated carbocycles. The molecule has 0 aromatic carbocycles. The standard InChI is InChI=1S/C12H10N2O2/c15-11(16)4-2-1-3-10-6-5-9-7-8-13-12(9)14-10/h5-8H,2,4H2,(H,13,14)(H,15,16). The zero-order valence-corrected chi connectivity index (χ0v) is 8.53. The molecule has 2 N–H and O–H groups in total. The normalized spacial score (nSPS) is 9.75. The van der Waals surface area contributed by atoms with Crippen molar-refractivity contribution in [3.05, 3.63) is 30.1 Å². The Morgan fingerprint density at radius 2 is 2.31 bits per heavy atom. The Balaban J connectivity index is 2.11. The molecule has 0 aliphatic heterocycles. The molecule has 0 unspecified atom stereocenters. The van der Waals surface area contributed by atoms with Gasteiger partial charge in [-0.2, -0.15) is 0 Å². The molecule has 80 valence electrons. The van der Waals surface area contributed by atoms with E-state index in [1.54, 1.807) is 0 Å². The summed E-state index contributed by atoms with van der Waals surface area (Å²) in [5, 5.41) is 9.47. The first kappa shape index (κ1) is 10.2. The van der Waals surface area contributed by atoms with Crippen LogP contribution in [0.25, 0.3) is 11.0 Å². The number of nitrogens with one attached hydrogen (secondary N) is 1. The van der Waals surface area contributed by atoms with Crippen LogP contribution in [0.2, 0.25) is 0 Å². The van der Waals surface area contributed by atoms with Crippen molar-refractivity contribution < 1.29 is 9.90 Å². The molecule has 0 atom stereocenters. The van der Waals surface area contributed by atoms with Crippen LogP contribution >= 0.6 is 0 Å². The van der Waals surface area contributed by atoms with Crippen molar-refractivity contribution in [1.29, 1.82) is 0 Å². The molecule has 0 radical (unpaired) electrons. The predicted molar refractivity (Wildman–Crippen MR) is 59.8 cm³/mol. The maximum absolute atomic E-state index is 10.3. The van der Waals surface area contributed by atoms with Gasteiger partial charge in [0.15, 0.2) is 0 Å². The quantitative estimate of drug-likeness (QED) is 0.749. The van der Waals surface area contributed by atoms with E-state index in [0.717, 1.165) is 11.0 Å². The first-order valence-electron chi connectivity index (χ1n) is 4.90. The van der Waals surface area contributed by atoms with Gasteiger partial charge in [0, 0.05) is 18.0 Å². The number of hydrogen-bond donors (Lipinski definition) is 2. The summed E-state index contributed by atoms with van der Waals surface area (Å²) in [5.74, 6) is 4.79. The summed E-state index contributed by atoms with van der Waals surface area (Å²) in [6.07, 6.45) is 2.23. The van der Waals surface area contributed by atoms with Gasteiger partial charge in [0.05, 0.1) is 6.42 Å². The minimum absolute atomic E-state index is 0.0672. The van der Waals surface area contributed by atoms with Gasteiger partial charge in [0.2, 0.25) is 0 Å². The van der Waals surface area contributed by atoms with E-state index >= 15 is 0 Å². The molecule has 0 fully saturated rings. The molecular weight excluding hydrogens is 204 g/mol. The van der Waals surface area contributed by atoms with Crippen molar-refractivity contribution >= 4 is 17.0 Å². The Kier molecular flexibility index (Phi) is 2.88. The number of rotatable bonds is 2. The van der Waals surface area contributed by atoms with Gasteiger partial charge in [0.1, 0.15) is 11.3 Å². The first-order valence-corrected chi connectivity index (χ1v) is 4.90. The summed E-state index contributed by atoms with van der Waals surface area (Å²) in [4.78, 5) is 17.5. The third kappa shape index (κ3) is 2.39. The molecule has 2 aromatic heterocycles. The molecule has 0 spiro atoms. The van der Waals surface area contributed by atoms with Gasteiger partial charge in [-0.15, -0.1) is 0 Å². The number of hydrogen-bond acceptors (Lipinski definition) is 2. The summed E-state index contributed by atoms with van der Waals surface area (Å²) in [6, 6.07) is 5.69. The van der Waals surface area contributed by atoms with Gasteiger partial charge in [-0.05, 0) is 24.1 Å². The van der Waals surface area contributed by atoms with Crippen molar-refractivity contribution in [2.45, 2.75) is 12.8 Å². The summed E-state index contributed by atoms with van der Waals surface area (Å²) in [6.45, 7) is 0. The van der Waals surface area contributed by atoms with E-state index in [9.17, 15) is 4.79 Å². The van der Waals surface area contributed by atoms with E-state index < -0.39 is 5.97 Å². The SMILES string of the molecule is O=C(O)CCC#Cc1ccc2cc[nH]c2n1. The number of carboxylic acid groups (broad SMARTS) is 1. The molecule has 16 heavy (non-hydrogen) atoms. The minimum Gasteiger partial charge on any atom is -0.481 e. The fourth-order valence-corrected chi connectivity index (χ4v) is 1.32. The van der Waals surface area contributed by atoms with Crippen LogP contribution in [-0.2, 0) is 4.79 Å². The minimum atomic E-state index is -0.831. The van der Waals surface area contributed by atoms with Crippen LogP contribution in [0.4, 0.5) is 0 Å². The second-order valence-corrected chi connectivity index (χ2v) is 3.31. The van der Waals surface area contributed by atoms with Crippen LogP contribution in [0, 0.1) is 11.8 Å². The van der Waals surface area contributed by atoms with Crippen LogP contribution in [0.5, 0.6) is 0 Å².